The summed E-state index contributed by atoms with van der Waals surface area (Å²) in [6.45, 7) is 2.16. The van der Waals surface area contributed by atoms with E-state index in [2.05, 4.69) is 51.2 Å². The van der Waals surface area contributed by atoms with Crippen LogP contribution in [0.25, 0.3) is 0 Å². The highest BCUT2D eigenvalue weighted by atomic mass is 16.2. The molecule has 0 radical (unpaired) electrons. The summed E-state index contributed by atoms with van der Waals surface area (Å²) in [5, 5.41) is 10.6. The molecule has 0 aromatic carbocycles. The van der Waals surface area contributed by atoms with Crippen molar-refractivity contribution in [1.82, 2.24) is 41.2 Å². The number of carbonyl (C=O) groups is 2. The van der Waals surface area contributed by atoms with Gasteiger partial charge in [-0.15, -0.1) is 0 Å². The van der Waals surface area contributed by atoms with Crippen LogP contribution >= 0.6 is 0 Å². The predicted molar refractivity (Wildman–Crippen MR) is 143 cm³/mol. The third-order valence-electron chi connectivity index (χ3n) is 5.29. The van der Waals surface area contributed by atoms with E-state index in [4.69, 9.17) is 11.5 Å². The standard InChI is InChI=1S/C23H40N12O2/c24-20(28-12-6-8-18-14-26-16-32-18)34-22(36)30-10-4-2-1-3-5-11-31-23(37)35-21(25)29-13-7-9-19-15-27-17-33-19/h14-17H,1-13H2,(H,26,32)(H,27,33)(H4,24,28,30,34,36)(H4,25,29,31,35,37). The molecule has 0 aliphatic heterocycles. The molecule has 2 aromatic rings. The second-order valence-corrected chi connectivity index (χ2v) is 8.42. The third kappa shape index (κ3) is 14.8. The fourth-order valence-electron chi connectivity index (χ4n) is 3.37. The molecule has 10 N–H and O–H groups in total. The summed E-state index contributed by atoms with van der Waals surface area (Å²) in [5.74, 6) is 0.217. The van der Waals surface area contributed by atoms with Crippen LogP contribution in [0.4, 0.5) is 9.59 Å². The summed E-state index contributed by atoms with van der Waals surface area (Å²) in [4.78, 5) is 45.9. The quantitative estimate of drug-likeness (QED) is 0.0919. The normalized spacial score (nSPS) is 11.8. The first kappa shape index (κ1) is 29.1. The van der Waals surface area contributed by atoms with Crippen LogP contribution in [-0.2, 0) is 12.8 Å². The van der Waals surface area contributed by atoms with E-state index in [0.29, 0.717) is 26.2 Å². The number of unbranched alkanes of at least 4 members (excludes halogenated alkanes) is 4. The Morgan fingerprint density at radius 2 is 1.14 bits per heavy atom. The Hall–Kier alpha value is -4.10. The first-order valence-corrected chi connectivity index (χ1v) is 12.7. The molecule has 14 nitrogen and oxygen atoms in total. The lowest BCUT2D eigenvalue weighted by molar-refractivity contribution is 0.244. The van der Waals surface area contributed by atoms with Crippen LogP contribution in [0, 0.1) is 0 Å². The van der Waals surface area contributed by atoms with Crippen LogP contribution in [0.1, 0.15) is 56.3 Å². The van der Waals surface area contributed by atoms with Crippen LogP contribution in [-0.4, -0.2) is 70.1 Å². The molecular formula is C23H40N12O2. The van der Waals surface area contributed by atoms with E-state index in [-0.39, 0.29) is 24.0 Å². The number of nitrogens with zero attached hydrogens (tertiary/aromatic N) is 4. The highest BCUT2D eigenvalue weighted by molar-refractivity contribution is 5.95. The minimum Gasteiger partial charge on any atom is -0.370 e. The molecule has 14 heteroatoms. The number of rotatable bonds is 16. The minimum absolute atomic E-state index is 0.108. The first-order valence-electron chi connectivity index (χ1n) is 12.7. The molecule has 0 unspecified atom stereocenters. The zero-order chi connectivity index (χ0) is 26.6. The number of aromatic nitrogens is 4. The Balaban J connectivity index is 1.37. The number of amides is 4. The van der Waals surface area contributed by atoms with E-state index in [9.17, 15) is 9.59 Å². The minimum atomic E-state index is -0.356. The second kappa shape index (κ2) is 18.2. The van der Waals surface area contributed by atoms with E-state index in [1.807, 2.05) is 0 Å². The van der Waals surface area contributed by atoms with Crippen molar-refractivity contribution in [3.8, 4) is 0 Å². The van der Waals surface area contributed by atoms with Crippen molar-refractivity contribution in [3.63, 3.8) is 0 Å². The number of carbonyl (C=O) groups excluding carboxylic acids is 2. The van der Waals surface area contributed by atoms with Gasteiger partial charge in [-0.25, -0.2) is 19.6 Å². The number of nitrogens with one attached hydrogen (secondary N) is 6. The number of H-pyrrole nitrogens is 2. The van der Waals surface area contributed by atoms with Gasteiger partial charge >= 0.3 is 12.1 Å². The maximum absolute atomic E-state index is 11.8. The fraction of sp³-hybridized carbons (Fsp3) is 0.565. The highest BCUT2D eigenvalue weighted by Gasteiger charge is 2.03. The van der Waals surface area contributed by atoms with Gasteiger partial charge in [0.2, 0.25) is 0 Å². The Kier molecular flexibility index (Phi) is 14.3. The zero-order valence-electron chi connectivity index (χ0n) is 21.3. The van der Waals surface area contributed by atoms with E-state index in [0.717, 1.165) is 69.2 Å². The molecule has 0 fully saturated rings. The summed E-state index contributed by atoms with van der Waals surface area (Å²) in [6.07, 6.45) is 14.8. The number of hydrogen-bond acceptors (Lipinski definition) is 6. The molecule has 0 spiro atoms. The van der Waals surface area contributed by atoms with Crippen molar-refractivity contribution >= 4 is 24.0 Å². The van der Waals surface area contributed by atoms with Crippen molar-refractivity contribution in [1.29, 1.82) is 0 Å². The van der Waals surface area contributed by atoms with Crippen molar-refractivity contribution < 1.29 is 9.59 Å². The smallest absolute Gasteiger partial charge is 0.321 e. The van der Waals surface area contributed by atoms with Gasteiger partial charge in [-0.1, -0.05) is 19.3 Å². The van der Waals surface area contributed by atoms with Gasteiger partial charge in [0.1, 0.15) is 0 Å². The second-order valence-electron chi connectivity index (χ2n) is 8.42. The topological polar surface area (TPSA) is 216 Å². The zero-order valence-corrected chi connectivity index (χ0v) is 21.3. The van der Waals surface area contributed by atoms with E-state index in [1.54, 1.807) is 25.0 Å². The van der Waals surface area contributed by atoms with Crippen LogP contribution in [0.3, 0.4) is 0 Å². The highest BCUT2D eigenvalue weighted by Crippen LogP contribution is 2.02. The molecule has 0 aliphatic carbocycles. The van der Waals surface area contributed by atoms with Crippen molar-refractivity contribution in [3.05, 3.63) is 36.4 Å². The van der Waals surface area contributed by atoms with Gasteiger partial charge in [0.15, 0.2) is 11.9 Å². The van der Waals surface area contributed by atoms with Gasteiger partial charge in [0, 0.05) is 50.0 Å². The monoisotopic (exact) mass is 516 g/mol. The van der Waals surface area contributed by atoms with Crippen molar-refractivity contribution in [2.24, 2.45) is 21.5 Å². The Bertz CT molecular complexity index is 865. The Labute approximate surface area is 217 Å². The largest absolute Gasteiger partial charge is 0.370 e. The Morgan fingerprint density at radius 1 is 0.703 bits per heavy atom. The number of aryl methyl sites for hydroxylation is 2. The summed E-state index contributed by atoms with van der Waals surface area (Å²) in [6, 6.07) is -0.712. The maximum Gasteiger partial charge on any atom is 0.321 e. The molecule has 0 saturated heterocycles. The van der Waals surface area contributed by atoms with Gasteiger partial charge in [-0.05, 0) is 38.5 Å². The van der Waals surface area contributed by atoms with Gasteiger partial charge < -0.3 is 32.1 Å². The third-order valence-corrected chi connectivity index (χ3v) is 5.29. The molecule has 0 bridgehead atoms. The van der Waals surface area contributed by atoms with Crippen LogP contribution in [0.2, 0.25) is 0 Å². The van der Waals surface area contributed by atoms with Gasteiger partial charge in [-0.3, -0.25) is 20.6 Å². The summed E-state index contributed by atoms with van der Waals surface area (Å²) < 4.78 is 0. The van der Waals surface area contributed by atoms with Gasteiger partial charge in [-0.2, -0.15) is 0 Å². The lowest BCUT2D eigenvalue weighted by atomic mass is 10.1. The molecule has 2 rings (SSSR count). The van der Waals surface area contributed by atoms with E-state index in [1.165, 1.54) is 0 Å². The van der Waals surface area contributed by atoms with Crippen LogP contribution in [0.5, 0.6) is 0 Å². The maximum atomic E-state index is 11.8. The number of urea groups is 2. The number of guanidine groups is 2. The molecule has 0 saturated carbocycles. The lowest BCUT2D eigenvalue weighted by Crippen LogP contribution is -2.43. The Morgan fingerprint density at radius 3 is 1.54 bits per heavy atom. The average molecular weight is 517 g/mol. The van der Waals surface area contributed by atoms with Gasteiger partial charge in [0.05, 0.1) is 12.7 Å². The van der Waals surface area contributed by atoms with E-state index < -0.39 is 0 Å². The average Bonchev–Trinajstić information content (AvgIpc) is 3.58. The van der Waals surface area contributed by atoms with Crippen molar-refractivity contribution in [2.75, 3.05) is 26.2 Å². The number of imidazole rings is 2. The van der Waals surface area contributed by atoms with Crippen molar-refractivity contribution in [2.45, 2.75) is 57.8 Å². The first-order chi connectivity index (χ1) is 18.0. The predicted octanol–water partition coefficient (Wildman–Crippen LogP) is 0.877. The number of hydrogen-bond donors (Lipinski definition) is 8. The molecule has 204 valence electrons. The fourth-order valence-corrected chi connectivity index (χ4v) is 3.37. The van der Waals surface area contributed by atoms with E-state index >= 15 is 0 Å². The molecule has 4 amide bonds. The summed E-state index contributed by atoms with van der Waals surface area (Å²) >= 11 is 0. The molecule has 2 aromatic heterocycles. The van der Waals surface area contributed by atoms with Gasteiger partial charge in [0.25, 0.3) is 0 Å². The summed E-state index contributed by atoms with van der Waals surface area (Å²) in [7, 11) is 0. The lowest BCUT2D eigenvalue weighted by Gasteiger charge is -2.08. The molecule has 2 heterocycles. The number of aliphatic imine (C=N–C) groups is 2. The molecule has 37 heavy (non-hydrogen) atoms. The summed E-state index contributed by atoms with van der Waals surface area (Å²) in [5.41, 5.74) is 13.5. The number of nitrogens with two attached hydrogens (primary N) is 2. The SMILES string of the molecule is NC(=NCCCc1cnc[nH]1)NC(=O)NCCCCCCCNC(=O)NC(N)=NCCCc1cnc[nH]1. The molecule has 0 aliphatic rings. The van der Waals surface area contributed by atoms with Crippen LogP contribution in [0.15, 0.2) is 35.0 Å². The molecular weight excluding hydrogens is 476 g/mol. The molecule has 0 atom stereocenters. The van der Waals surface area contributed by atoms with Crippen LogP contribution < -0.4 is 32.7 Å². The number of aromatic amines is 2.